The van der Waals surface area contributed by atoms with Crippen LogP contribution in [0, 0.1) is 29.6 Å². The third kappa shape index (κ3) is 12.2. The number of allylic oxidation sites excluding steroid dienone is 1. The van der Waals surface area contributed by atoms with Crippen molar-refractivity contribution in [3.63, 3.8) is 0 Å². The lowest BCUT2D eigenvalue weighted by molar-refractivity contribution is -0.136. The first kappa shape index (κ1) is 31.4. The van der Waals surface area contributed by atoms with Gasteiger partial charge in [-0.3, -0.25) is 4.79 Å². The van der Waals surface area contributed by atoms with Crippen molar-refractivity contribution in [2.24, 2.45) is 29.6 Å². The second kappa shape index (κ2) is 16.9. The standard InChI is InChI=1S/C22H37FO2.C4H6O2.C4H8/c1-2-3-16-4-6-17(7-5-16)19-10-13-21(22(23)14-19)18-8-11-20(12-9-18)25-15-24;1-3(2)4(5)6;1-4(2)3/h15-22H,2-14H2,1H3;1H2,2H3,(H,5,6);1H2,2-3H3. The van der Waals surface area contributed by atoms with Gasteiger partial charge in [-0.1, -0.05) is 44.8 Å². The van der Waals surface area contributed by atoms with Crippen LogP contribution in [0.4, 0.5) is 4.39 Å². The van der Waals surface area contributed by atoms with Crippen molar-refractivity contribution in [3.8, 4) is 0 Å². The lowest BCUT2D eigenvalue weighted by Crippen LogP contribution is -2.37. The van der Waals surface area contributed by atoms with Crippen molar-refractivity contribution < 1.29 is 23.8 Å². The highest BCUT2D eigenvalue weighted by molar-refractivity contribution is 5.84. The molecule has 3 aliphatic rings. The van der Waals surface area contributed by atoms with Crippen LogP contribution in [0.15, 0.2) is 24.3 Å². The zero-order chi connectivity index (χ0) is 26.4. The van der Waals surface area contributed by atoms with Crippen molar-refractivity contribution >= 4 is 12.4 Å². The van der Waals surface area contributed by atoms with Crippen molar-refractivity contribution in [1.29, 1.82) is 0 Å². The molecule has 0 aliphatic heterocycles. The predicted octanol–water partition coefficient (Wildman–Crippen LogP) is 8.31. The molecule has 202 valence electrons. The Hall–Kier alpha value is -1.65. The van der Waals surface area contributed by atoms with Gasteiger partial charge in [0.2, 0.25) is 0 Å². The maximum atomic E-state index is 15.0. The summed E-state index contributed by atoms with van der Waals surface area (Å²) in [6.07, 6.45) is 14.7. The van der Waals surface area contributed by atoms with E-state index in [2.05, 4.69) is 20.1 Å². The summed E-state index contributed by atoms with van der Waals surface area (Å²) in [6.45, 7) is 15.0. The van der Waals surface area contributed by atoms with E-state index in [4.69, 9.17) is 9.84 Å². The number of carbonyl (C=O) groups is 2. The fraction of sp³-hybridized carbons (Fsp3) is 0.800. The number of ether oxygens (including phenoxy) is 1. The van der Waals surface area contributed by atoms with E-state index in [0.717, 1.165) is 50.4 Å². The average molecular weight is 495 g/mol. The van der Waals surface area contributed by atoms with Crippen LogP contribution in [0.25, 0.3) is 0 Å². The first-order valence-corrected chi connectivity index (χ1v) is 13.8. The van der Waals surface area contributed by atoms with E-state index >= 15 is 0 Å². The molecule has 0 aromatic heterocycles. The fourth-order valence-corrected chi connectivity index (χ4v) is 6.22. The number of hydrogen-bond donors (Lipinski definition) is 1. The van der Waals surface area contributed by atoms with E-state index < -0.39 is 12.1 Å². The molecular formula is C30H51FO4. The number of halogens is 1. The SMILES string of the molecule is C=C(C)C.C=C(C)C(=O)O.CCCC1CCC(C2CCC(C3CCC(OC=O)CC3)C(F)C2)CC1. The van der Waals surface area contributed by atoms with Crippen LogP contribution in [0.3, 0.4) is 0 Å². The Labute approximate surface area is 213 Å². The zero-order valence-electron chi connectivity index (χ0n) is 22.8. The summed E-state index contributed by atoms with van der Waals surface area (Å²) in [7, 11) is 0. The highest BCUT2D eigenvalue weighted by Crippen LogP contribution is 2.46. The van der Waals surface area contributed by atoms with Gasteiger partial charge < -0.3 is 9.84 Å². The molecule has 0 radical (unpaired) electrons. The van der Waals surface area contributed by atoms with Gasteiger partial charge in [0.25, 0.3) is 6.47 Å². The van der Waals surface area contributed by atoms with Crippen LogP contribution in [-0.2, 0) is 14.3 Å². The number of rotatable bonds is 7. The molecule has 0 aromatic rings. The van der Waals surface area contributed by atoms with E-state index in [1.54, 1.807) is 0 Å². The first-order valence-electron chi connectivity index (χ1n) is 13.8. The number of carbonyl (C=O) groups excluding carboxylic acids is 1. The second-order valence-electron chi connectivity index (χ2n) is 11.4. The number of carboxylic acid groups (broad SMARTS) is 1. The Bertz CT molecular complexity index is 629. The average Bonchev–Trinajstić information content (AvgIpc) is 2.81. The number of alkyl halides is 1. The van der Waals surface area contributed by atoms with Gasteiger partial charge in [0, 0.05) is 5.57 Å². The third-order valence-corrected chi connectivity index (χ3v) is 8.06. The molecule has 4 nitrogen and oxygen atoms in total. The molecule has 3 atom stereocenters. The number of hydrogen-bond acceptors (Lipinski definition) is 3. The molecule has 0 bridgehead atoms. The number of carboxylic acids is 1. The molecule has 1 N–H and O–H groups in total. The van der Waals surface area contributed by atoms with E-state index in [9.17, 15) is 14.0 Å². The summed E-state index contributed by atoms with van der Waals surface area (Å²) in [6, 6.07) is 0. The Balaban J connectivity index is 0.000000520. The summed E-state index contributed by atoms with van der Waals surface area (Å²) in [5.74, 6) is 2.23. The summed E-state index contributed by atoms with van der Waals surface area (Å²) < 4.78 is 20.1. The van der Waals surface area contributed by atoms with Crippen molar-refractivity contribution in [1.82, 2.24) is 0 Å². The minimum absolute atomic E-state index is 0.0847. The molecule has 3 rings (SSSR count). The van der Waals surface area contributed by atoms with Gasteiger partial charge in [-0.25, -0.2) is 9.18 Å². The Kier molecular flexibility index (Phi) is 15.2. The van der Waals surface area contributed by atoms with Crippen molar-refractivity contribution in [2.45, 2.75) is 123 Å². The van der Waals surface area contributed by atoms with Gasteiger partial charge >= 0.3 is 5.97 Å². The molecule has 0 aromatic carbocycles. The van der Waals surface area contributed by atoms with Crippen LogP contribution in [-0.4, -0.2) is 29.8 Å². The molecule has 0 spiro atoms. The van der Waals surface area contributed by atoms with Gasteiger partial charge in [-0.05, 0) is 108 Å². The normalized spacial score (nSPS) is 32.5. The molecule has 3 aliphatic carbocycles. The Morgan fingerprint density at radius 2 is 1.40 bits per heavy atom. The van der Waals surface area contributed by atoms with Crippen molar-refractivity contribution in [2.75, 3.05) is 0 Å². The molecule has 0 saturated heterocycles. The lowest BCUT2D eigenvalue weighted by atomic mass is 9.64. The largest absolute Gasteiger partial charge is 0.478 e. The first-order chi connectivity index (χ1) is 16.6. The minimum Gasteiger partial charge on any atom is -0.478 e. The predicted molar refractivity (Wildman–Crippen MR) is 142 cm³/mol. The van der Waals surface area contributed by atoms with Crippen LogP contribution < -0.4 is 0 Å². The van der Waals surface area contributed by atoms with E-state index in [0.29, 0.717) is 18.3 Å². The quantitative estimate of drug-likeness (QED) is 0.220. The number of aliphatic carboxylic acids is 1. The van der Waals surface area contributed by atoms with Crippen LogP contribution in [0.2, 0.25) is 0 Å². The van der Waals surface area contributed by atoms with Crippen LogP contribution >= 0.6 is 0 Å². The Morgan fingerprint density at radius 3 is 1.83 bits per heavy atom. The summed E-state index contributed by atoms with van der Waals surface area (Å²) in [4.78, 5) is 20.1. The zero-order valence-corrected chi connectivity index (χ0v) is 22.8. The van der Waals surface area contributed by atoms with Crippen LogP contribution in [0.1, 0.15) is 111 Å². The highest BCUT2D eigenvalue weighted by Gasteiger charge is 2.40. The van der Waals surface area contributed by atoms with E-state index in [1.807, 2.05) is 13.8 Å². The monoisotopic (exact) mass is 494 g/mol. The topological polar surface area (TPSA) is 63.6 Å². The summed E-state index contributed by atoms with van der Waals surface area (Å²) >= 11 is 0. The molecule has 0 amide bonds. The van der Waals surface area contributed by atoms with Gasteiger partial charge in [0.05, 0.1) is 0 Å². The van der Waals surface area contributed by atoms with Gasteiger partial charge in [-0.15, -0.1) is 6.58 Å². The summed E-state index contributed by atoms with van der Waals surface area (Å²) in [5, 5.41) is 7.89. The van der Waals surface area contributed by atoms with Crippen molar-refractivity contribution in [3.05, 3.63) is 24.3 Å². The molecule has 5 heteroatoms. The van der Waals surface area contributed by atoms with E-state index in [1.165, 1.54) is 57.4 Å². The molecule has 3 unspecified atom stereocenters. The van der Waals surface area contributed by atoms with Gasteiger partial charge in [-0.2, -0.15) is 0 Å². The third-order valence-electron chi connectivity index (χ3n) is 8.06. The Morgan fingerprint density at radius 1 is 0.914 bits per heavy atom. The molecular weight excluding hydrogens is 443 g/mol. The maximum absolute atomic E-state index is 15.0. The second-order valence-corrected chi connectivity index (χ2v) is 11.4. The van der Waals surface area contributed by atoms with Gasteiger partial charge in [0.15, 0.2) is 0 Å². The van der Waals surface area contributed by atoms with Gasteiger partial charge in [0.1, 0.15) is 12.3 Å². The summed E-state index contributed by atoms with van der Waals surface area (Å²) in [5.41, 5.74) is 1.34. The molecule has 3 fully saturated rings. The fourth-order valence-electron chi connectivity index (χ4n) is 6.22. The molecule has 0 heterocycles. The van der Waals surface area contributed by atoms with Crippen LogP contribution in [0.5, 0.6) is 0 Å². The lowest BCUT2D eigenvalue weighted by Gasteiger charge is -2.42. The highest BCUT2D eigenvalue weighted by atomic mass is 19.1. The molecule has 35 heavy (non-hydrogen) atoms. The molecule has 3 saturated carbocycles. The smallest absolute Gasteiger partial charge is 0.330 e. The van der Waals surface area contributed by atoms with E-state index in [-0.39, 0.29) is 17.6 Å². The maximum Gasteiger partial charge on any atom is 0.330 e. The minimum atomic E-state index is -0.935.